The number of aromatic nitrogens is 1. The van der Waals surface area contributed by atoms with Crippen LogP contribution in [0.5, 0.6) is 0 Å². The van der Waals surface area contributed by atoms with Crippen LogP contribution in [0.3, 0.4) is 0 Å². The van der Waals surface area contributed by atoms with Crippen molar-refractivity contribution in [3.8, 4) is 11.1 Å². The molecule has 0 spiro atoms. The van der Waals surface area contributed by atoms with Gasteiger partial charge >= 0.3 is 5.97 Å². The molecule has 0 saturated carbocycles. The molecule has 1 aliphatic heterocycles. The van der Waals surface area contributed by atoms with Crippen LogP contribution in [0.25, 0.3) is 22.0 Å². The van der Waals surface area contributed by atoms with Gasteiger partial charge in [-0.3, -0.25) is 14.6 Å². The van der Waals surface area contributed by atoms with Crippen molar-refractivity contribution in [2.45, 2.75) is 52.5 Å². The van der Waals surface area contributed by atoms with E-state index in [-0.39, 0.29) is 29.8 Å². The summed E-state index contributed by atoms with van der Waals surface area (Å²) in [7, 11) is 1.37. The molecule has 0 radical (unpaired) electrons. The molecule has 0 unspecified atom stereocenters. The number of aliphatic hydroxyl groups excluding tert-OH is 1. The number of fused-ring (bicyclic) bond motifs is 1. The molecule has 2 atom stereocenters. The van der Waals surface area contributed by atoms with Gasteiger partial charge in [-0.05, 0) is 88.1 Å². The fourth-order valence-electron chi connectivity index (χ4n) is 4.94. The third-order valence-corrected chi connectivity index (χ3v) is 8.02. The zero-order valence-electron chi connectivity index (χ0n) is 21.9. The van der Waals surface area contributed by atoms with Crippen LogP contribution in [0.1, 0.15) is 44.7 Å². The lowest BCUT2D eigenvalue weighted by atomic mass is 9.86. The van der Waals surface area contributed by atoms with E-state index in [4.69, 9.17) is 4.74 Å². The molecule has 198 valence electrons. The topological polar surface area (TPSA) is 94.7 Å². The Balaban J connectivity index is 1.52. The molecule has 1 saturated heterocycles. The predicted octanol–water partition coefficient (Wildman–Crippen LogP) is 4.85. The lowest BCUT2D eigenvalue weighted by molar-refractivity contribution is -0.150. The summed E-state index contributed by atoms with van der Waals surface area (Å²) in [5, 5.41) is 12.6. The number of halogens is 1. The zero-order chi connectivity index (χ0) is 26.7. The van der Waals surface area contributed by atoms with Gasteiger partial charge in [0.25, 0.3) is 0 Å². The highest BCUT2D eigenvalue weighted by Crippen LogP contribution is 2.33. The van der Waals surface area contributed by atoms with Gasteiger partial charge in [-0.15, -0.1) is 0 Å². The van der Waals surface area contributed by atoms with Crippen molar-refractivity contribution in [3.63, 3.8) is 0 Å². The van der Waals surface area contributed by atoms with Crippen LogP contribution in [-0.4, -0.2) is 53.3 Å². The number of benzene rings is 2. The van der Waals surface area contributed by atoms with E-state index in [1.807, 2.05) is 13.0 Å². The molecule has 3 N–H and O–H groups in total. The van der Waals surface area contributed by atoms with Crippen LogP contribution in [0, 0.1) is 15.0 Å². The molecule has 0 bridgehead atoms. The van der Waals surface area contributed by atoms with Crippen LogP contribution in [0.15, 0.2) is 42.5 Å². The lowest BCUT2D eigenvalue weighted by Gasteiger charge is -2.34. The fraction of sp³-hybridized carbons (Fsp3) is 0.448. The van der Waals surface area contributed by atoms with Crippen LogP contribution < -0.4 is 5.43 Å². The molecule has 2 heterocycles. The number of H-pyrrole nitrogens is 1. The summed E-state index contributed by atoms with van der Waals surface area (Å²) in [5.74, 6) is -0.589. The number of amides is 1. The molecule has 7 nitrogen and oxygen atoms in total. The van der Waals surface area contributed by atoms with Crippen LogP contribution in [0.2, 0.25) is 0 Å². The van der Waals surface area contributed by atoms with E-state index in [0.29, 0.717) is 19.4 Å². The molecular formula is C29H36IN3O4. The molecule has 1 fully saturated rings. The van der Waals surface area contributed by atoms with E-state index in [2.05, 4.69) is 83.2 Å². The molecule has 1 aromatic heterocycles. The second-order valence-electron chi connectivity index (χ2n) is 10.8. The number of aliphatic hydroxyl groups is 1. The standard InChI is InChI=1S/C29H36IN3O4/c1-18(27(35)33-12-6-9-25(32-33)28(36)37-4)13-19-7-5-8-20(14-19)21-10-11-24-22(15-21)23(26(30)31-24)16-29(2,3)17-34/h5,7-8,10-11,14-15,18,25,31-32,34H,6,9,12-13,16-17H2,1-4H3/t18-,25-/m0/s1. The van der Waals surface area contributed by atoms with Gasteiger partial charge in [-0.25, -0.2) is 5.43 Å². The quantitative estimate of drug-likeness (QED) is 0.248. The molecule has 4 rings (SSSR count). The van der Waals surface area contributed by atoms with Gasteiger partial charge in [0.1, 0.15) is 6.04 Å². The van der Waals surface area contributed by atoms with Crippen molar-refractivity contribution >= 4 is 45.4 Å². The summed E-state index contributed by atoms with van der Waals surface area (Å²) in [6.07, 6.45) is 2.82. The molecule has 3 aromatic rings. The van der Waals surface area contributed by atoms with E-state index < -0.39 is 6.04 Å². The van der Waals surface area contributed by atoms with Gasteiger partial charge in [-0.2, -0.15) is 0 Å². The summed E-state index contributed by atoms with van der Waals surface area (Å²) >= 11 is 2.34. The van der Waals surface area contributed by atoms with Gasteiger partial charge in [-0.1, -0.05) is 51.1 Å². The third kappa shape index (κ3) is 6.35. The molecule has 1 aliphatic rings. The average molecular weight is 618 g/mol. The number of hydrogen-bond acceptors (Lipinski definition) is 5. The minimum Gasteiger partial charge on any atom is -0.468 e. The molecular weight excluding hydrogens is 581 g/mol. The number of hydrogen-bond donors (Lipinski definition) is 3. The Morgan fingerprint density at radius 2 is 1.97 bits per heavy atom. The SMILES string of the molecule is COC(=O)[C@@H]1CCCN(C(=O)[C@@H](C)Cc2cccc(-c3ccc4[nH]c(I)c(CC(C)(C)CO)c4c3)c2)N1. The first-order valence-corrected chi connectivity index (χ1v) is 13.9. The first-order chi connectivity index (χ1) is 17.6. The van der Waals surface area contributed by atoms with E-state index in [1.165, 1.54) is 18.1 Å². The largest absolute Gasteiger partial charge is 0.468 e. The summed E-state index contributed by atoms with van der Waals surface area (Å²) in [4.78, 5) is 28.5. The van der Waals surface area contributed by atoms with E-state index in [9.17, 15) is 14.7 Å². The number of carbonyl (C=O) groups excluding carboxylic acids is 2. The highest BCUT2D eigenvalue weighted by Gasteiger charge is 2.30. The summed E-state index contributed by atoms with van der Waals surface area (Å²) < 4.78 is 5.95. The summed E-state index contributed by atoms with van der Waals surface area (Å²) in [5.41, 5.74) is 8.46. The number of ether oxygens (including phenoxy) is 1. The van der Waals surface area contributed by atoms with Gasteiger partial charge in [0.2, 0.25) is 5.91 Å². The van der Waals surface area contributed by atoms with Crippen LogP contribution in [0.4, 0.5) is 0 Å². The van der Waals surface area contributed by atoms with Crippen LogP contribution in [-0.2, 0) is 27.2 Å². The Bertz CT molecular complexity index is 1290. The molecule has 37 heavy (non-hydrogen) atoms. The van der Waals surface area contributed by atoms with Crippen LogP contribution >= 0.6 is 22.6 Å². The molecule has 0 aliphatic carbocycles. The van der Waals surface area contributed by atoms with Crippen molar-refractivity contribution in [1.82, 2.24) is 15.4 Å². The maximum absolute atomic E-state index is 13.1. The minimum atomic E-state index is -0.475. The third-order valence-electron chi connectivity index (χ3n) is 7.10. The number of rotatable bonds is 8. The Morgan fingerprint density at radius 1 is 1.22 bits per heavy atom. The summed E-state index contributed by atoms with van der Waals surface area (Å²) in [6, 6.07) is 14.3. The van der Waals surface area contributed by atoms with Crippen molar-refractivity contribution < 1.29 is 19.4 Å². The second kappa shape index (κ2) is 11.5. The molecule has 1 amide bonds. The highest BCUT2D eigenvalue weighted by atomic mass is 127. The average Bonchev–Trinajstić information content (AvgIpc) is 3.21. The predicted molar refractivity (Wildman–Crippen MR) is 154 cm³/mol. The van der Waals surface area contributed by atoms with E-state index in [1.54, 1.807) is 5.01 Å². The van der Waals surface area contributed by atoms with Gasteiger partial charge < -0.3 is 14.8 Å². The lowest BCUT2D eigenvalue weighted by Crippen LogP contribution is -2.56. The van der Waals surface area contributed by atoms with Gasteiger partial charge in [0, 0.05) is 30.0 Å². The first-order valence-electron chi connectivity index (χ1n) is 12.8. The number of nitrogens with one attached hydrogen (secondary N) is 2. The maximum Gasteiger partial charge on any atom is 0.324 e. The highest BCUT2D eigenvalue weighted by molar-refractivity contribution is 14.1. The molecule has 2 aromatic carbocycles. The Labute approximate surface area is 232 Å². The van der Waals surface area contributed by atoms with Crippen molar-refractivity contribution in [2.75, 3.05) is 20.3 Å². The molecule has 8 heteroatoms. The first kappa shape index (κ1) is 27.6. The Kier molecular flexibility index (Phi) is 8.60. The number of hydrazine groups is 1. The monoisotopic (exact) mass is 617 g/mol. The number of esters is 1. The minimum absolute atomic E-state index is 0.0153. The van der Waals surface area contributed by atoms with Gasteiger partial charge in [0.15, 0.2) is 0 Å². The normalized spacial score (nSPS) is 17.1. The number of aromatic amines is 1. The second-order valence-corrected chi connectivity index (χ2v) is 11.9. The zero-order valence-corrected chi connectivity index (χ0v) is 24.1. The van der Waals surface area contributed by atoms with Crippen molar-refractivity contribution in [3.05, 3.63) is 57.3 Å². The van der Waals surface area contributed by atoms with E-state index in [0.717, 1.165) is 38.7 Å². The van der Waals surface area contributed by atoms with Crippen molar-refractivity contribution in [2.24, 2.45) is 11.3 Å². The fourth-order valence-corrected chi connectivity index (χ4v) is 5.72. The number of carbonyl (C=O) groups is 2. The Morgan fingerprint density at radius 3 is 2.70 bits per heavy atom. The summed E-state index contributed by atoms with van der Waals surface area (Å²) in [6.45, 7) is 6.80. The van der Waals surface area contributed by atoms with Gasteiger partial charge in [0.05, 0.1) is 10.8 Å². The number of nitrogens with zero attached hydrogens (tertiary/aromatic N) is 1. The Hall–Kier alpha value is -2.43. The van der Waals surface area contributed by atoms with Crippen molar-refractivity contribution in [1.29, 1.82) is 0 Å². The van der Waals surface area contributed by atoms with E-state index >= 15 is 0 Å². The number of methoxy groups -OCH3 is 1. The smallest absolute Gasteiger partial charge is 0.324 e. The maximum atomic E-state index is 13.1.